The molecule has 18 heavy (non-hydrogen) atoms. The number of methoxy groups -OCH3 is 1. The first-order valence-electron chi connectivity index (χ1n) is 5.86. The minimum absolute atomic E-state index is 0.0287. The van der Waals surface area contributed by atoms with Gasteiger partial charge in [0, 0.05) is 6.04 Å². The highest BCUT2D eigenvalue weighted by Crippen LogP contribution is 2.28. The molecule has 0 bridgehead atoms. The Kier molecular flexibility index (Phi) is 3.62. The van der Waals surface area contributed by atoms with Gasteiger partial charge < -0.3 is 15.0 Å². The fourth-order valence-corrected chi connectivity index (χ4v) is 1.58. The van der Waals surface area contributed by atoms with E-state index in [1.165, 1.54) is 0 Å². The van der Waals surface area contributed by atoms with E-state index in [1.54, 1.807) is 7.11 Å². The lowest BCUT2D eigenvalue weighted by Crippen LogP contribution is -2.22. The average molecular weight is 247 g/mol. The second kappa shape index (κ2) is 5.18. The molecule has 2 N–H and O–H groups in total. The van der Waals surface area contributed by atoms with E-state index in [1.807, 2.05) is 38.1 Å². The highest BCUT2D eigenvalue weighted by molar-refractivity contribution is 5.63. The summed E-state index contributed by atoms with van der Waals surface area (Å²) in [6, 6.07) is 7.53. The molecule has 2 unspecified atom stereocenters. The van der Waals surface area contributed by atoms with E-state index in [4.69, 9.17) is 15.0 Å². The maximum atomic E-state index is 5.82. The maximum Gasteiger partial charge on any atom is 0.231 e. The van der Waals surface area contributed by atoms with Crippen LogP contribution in [0.3, 0.4) is 0 Å². The number of para-hydroxylation sites is 1. The summed E-state index contributed by atoms with van der Waals surface area (Å²) in [6.45, 7) is 3.88. The summed E-state index contributed by atoms with van der Waals surface area (Å²) in [5, 5.41) is 3.98. The lowest BCUT2D eigenvalue weighted by Gasteiger charge is -2.09. The number of hydrogen-bond acceptors (Lipinski definition) is 5. The molecule has 5 nitrogen and oxygen atoms in total. The van der Waals surface area contributed by atoms with Crippen LogP contribution in [-0.2, 0) is 0 Å². The molecule has 0 saturated carbocycles. The van der Waals surface area contributed by atoms with Crippen LogP contribution in [0.1, 0.15) is 25.7 Å². The molecule has 1 aromatic carbocycles. The number of rotatable bonds is 4. The molecule has 0 aliphatic rings. The van der Waals surface area contributed by atoms with Gasteiger partial charge in [-0.3, -0.25) is 0 Å². The molecule has 0 saturated heterocycles. The van der Waals surface area contributed by atoms with Crippen molar-refractivity contribution in [3.05, 3.63) is 30.2 Å². The zero-order valence-electron chi connectivity index (χ0n) is 10.8. The van der Waals surface area contributed by atoms with Crippen LogP contribution in [0.25, 0.3) is 11.4 Å². The van der Waals surface area contributed by atoms with Gasteiger partial charge >= 0.3 is 0 Å². The summed E-state index contributed by atoms with van der Waals surface area (Å²) < 4.78 is 10.5. The highest BCUT2D eigenvalue weighted by atomic mass is 16.5. The minimum atomic E-state index is -0.0315. The van der Waals surface area contributed by atoms with Gasteiger partial charge in [-0.05, 0) is 19.1 Å². The SMILES string of the molecule is COc1ccccc1-c1noc(C(C)C(C)N)n1. The van der Waals surface area contributed by atoms with Crippen LogP contribution in [-0.4, -0.2) is 23.3 Å². The van der Waals surface area contributed by atoms with Crippen molar-refractivity contribution in [3.63, 3.8) is 0 Å². The monoisotopic (exact) mass is 247 g/mol. The fourth-order valence-electron chi connectivity index (χ4n) is 1.58. The van der Waals surface area contributed by atoms with Crippen molar-refractivity contribution in [2.75, 3.05) is 7.11 Å². The third kappa shape index (κ3) is 2.36. The van der Waals surface area contributed by atoms with E-state index >= 15 is 0 Å². The molecule has 0 fully saturated rings. The minimum Gasteiger partial charge on any atom is -0.496 e. The van der Waals surface area contributed by atoms with Crippen molar-refractivity contribution < 1.29 is 9.26 Å². The van der Waals surface area contributed by atoms with E-state index in [9.17, 15) is 0 Å². The predicted octanol–water partition coefficient (Wildman–Crippen LogP) is 2.20. The molecule has 1 heterocycles. The molecule has 0 spiro atoms. The quantitative estimate of drug-likeness (QED) is 0.896. The van der Waals surface area contributed by atoms with Crippen LogP contribution >= 0.6 is 0 Å². The van der Waals surface area contributed by atoms with Gasteiger partial charge in [0.1, 0.15) is 5.75 Å². The molecule has 2 atom stereocenters. The van der Waals surface area contributed by atoms with Gasteiger partial charge in [0.2, 0.25) is 11.7 Å². The van der Waals surface area contributed by atoms with Crippen LogP contribution in [0.15, 0.2) is 28.8 Å². The molecule has 1 aromatic heterocycles. The normalized spacial score (nSPS) is 14.2. The van der Waals surface area contributed by atoms with Crippen LogP contribution in [0.4, 0.5) is 0 Å². The molecule has 5 heteroatoms. The van der Waals surface area contributed by atoms with E-state index in [0.717, 1.165) is 11.3 Å². The van der Waals surface area contributed by atoms with E-state index in [2.05, 4.69) is 10.1 Å². The third-order valence-corrected chi connectivity index (χ3v) is 2.97. The Morgan fingerprint density at radius 2 is 2.00 bits per heavy atom. The largest absolute Gasteiger partial charge is 0.496 e. The van der Waals surface area contributed by atoms with Crippen LogP contribution in [0, 0.1) is 0 Å². The van der Waals surface area contributed by atoms with Crippen molar-refractivity contribution in [2.24, 2.45) is 5.73 Å². The van der Waals surface area contributed by atoms with Crippen molar-refractivity contribution >= 4 is 0 Å². The van der Waals surface area contributed by atoms with Gasteiger partial charge in [0.15, 0.2) is 0 Å². The van der Waals surface area contributed by atoms with Crippen LogP contribution in [0.2, 0.25) is 0 Å². The predicted molar refractivity (Wildman–Crippen MR) is 68.4 cm³/mol. The van der Waals surface area contributed by atoms with Crippen molar-refractivity contribution in [2.45, 2.75) is 25.8 Å². The Balaban J connectivity index is 2.35. The fraction of sp³-hybridized carbons (Fsp3) is 0.385. The number of hydrogen-bond donors (Lipinski definition) is 1. The summed E-state index contributed by atoms with van der Waals surface area (Å²) in [5.74, 6) is 1.82. The Morgan fingerprint density at radius 3 is 2.67 bits per heavy atom. The smallest absolute Gasteiger partial charge is 0.231 e. The zero-order chi connectivity index (χ0) is 13.1. The Bertz CT molecular complexity index is 522. The molecule has 0 aliphatic heterocycles. The second-order valence-electron chi connectivity index (χ2n) is 4.30. The van der Waals surface area contributed by atoms with E-state index in [0.29, 0.717) is 11.7 Å². The van der Waals surface area contributed by atoms with Crippen molar-refractivity contribution in [3.8, 4) is 17.1 Å². The Hall–Kier alpha value is -1.88. The lowest BCUT2D eigenvalue weighted by molar-refractivity contribution is 0.346. The number of nitrogens with two attached hydrogens (primary N) is 1. The molecule has 96 valence electrons. The van der Waals surface area contributed by atoms with Gasteiger partial charge in [0.05, 0.1) is 18.6 Å². The number of ether oxygens (including phenoxy) is 1. The number of aromatic nitrogens is 2. The standard InChI is InChI=1S/C13H17N3O2/c1-8(9(2)14)13-15-12(16-18-13)10-6-4-5-7-11(10)17-3/h4-9H,14H2,1-3H3. The summed E-state index contributed by atoms with van der Waals surface area (Å²) in [4.78, 5) is 4.37. The number of nitrogens with zero attached hydrogens (tertiary/aromatic N) is 2. The first-order valence-corrected chi connectivity index (χ1v) is 5.86. The molecule has 0 aliphatic carbocycles. The van der Waals surface area contributed by atoms with Crippen molar-refractivity contribution in [1.82, 2.24) is 10.1 Å². The molecule has 2 rings (SSSR count). The van der Waals surface area contributed by atoms with E-state index in [-0.39, 0.29) is 12.0 Å². The topological polar surface area (TPSA) is 74.2 Å². The lowest BCUT2D eigenvalue weighted by atomic mass is 10.1. The molecule has 0 radical (unpaired) electrons. The summed E-state index contributed by atoms with van der Waals surface area (Å²) in [5.41, 5.74) is 6.63. The van der Waals surface area contributed by atoms with Gasteiger partial charge in [-0.25, -0.2) is 0 Å². The van der Waals surface area contributed by atoms with Gasteiger partial charge in [0.25, 0.3) is 0 Å². The summed E-state index contributed by atoms with van der Waals surface area (Å²) in [7, 11) is 1.62. The molecule has 2 aromatic rings. The third-order valence-electron chi connectivity index (χ3n) is 2.97. The summed E-state index contributed by atoms with van der Waals surface area (Å²) >= 11 is 0. The average Bonchev–Trinajstić information content (AvgIpc) is 2.87. The van der Waals surface area contributed by atoms with Crippen molar-refractivity contribution in [1.29, 1.82) is 0 Å². The molecular weight excluding hydrogens is 230 g/mol. The maximum absolute atomic E-state index is 5.82. The van der Waals surface area contributed by atoms with Crippen LogP contribution < -0.4 is 10.5 Å². The second-order valence-corrected chi connectivity index (χ2v) is 4.30. The van der Waals surface area contributed by atoms with E-state index < -0.39 is 0 Å². The van der Waals surface area contributed by atoms with Gasteiger partial charge in [-0.15, -0.1) is 0 Å². The summed E-state index contributed by atoms with van der Waals surface area (Å²) in [6.07, 6.45) is 0. The number of benzene rings is 1. The first-order chi connectivity index (χ1) is 8.63. The molecular formula is C13H17N3O2. The highest BCUT2D eigenvalue weighted by Gasteiger charge is 2.19. The Labute approximate surface area is 106 Å². The van der Waals surface area contributed by atoms with Gasteiger partial charge in [-0.2, -0.15) is 4.98 Å². The van der Waals surface area contributed by atoms with Crippen LogP contribution in [0.5, 0.6) is 5.75 Å². The van der Waals surface area contributed by atoms with Gasteiger partial charge in [-0.1, -0.05) is 24.2 Å². The molecule has 0 amide bonds. The Morgan fingerprint density at radius 1 is 1.28 bits per heavy atom. The first kappa shape index (κ1) is 12.6. The zero-order valence-corrected chi connectivity index (χ0v) is 10.8.